The summed E-state index contributed by atoms with van der Waals surface area (Å²) in [6, 6.07) is 0. The Morgan fingerprint density at radius 2 is 1.71 bits per heavy atom. The molecule has 3 rings (SSSR count). The number of nitrogens with one attached hydrogen (secondary N) is 1. The van der Waals surface area contributed by atoms with Crippen LogP contribution in [0.1, 0.15) is 32.1 Å². The summed E-state index contributed by atoms with van der Waals surface area (Å²) in [6.07, 6.45) is 6.73. The minimum atomic E-state index is 0.346. The molecule has 5 nitrogen and oxygen atoms in total. The van der Waals surface area contributed by atoms with Crippen LogP contribution in [0.2, 0.25) is 0 Å². The third-order valence-corrected chi connectivity index (χ3v) is 5.58. The molecule has 0 aromatic carbocycles. The first-order valence-corrected chi connectivity index (χ1v) is 8.63. The van der Waals surface area contributed by atoms with Gasteiger partial charge in [0.2, 0.25) is 0 Å². The van der Waals surface area contributed by atoms with E-state index in [0.717, 1.165) is 25.6 Å². The van der Waals surface area contributed by atoms with Gasteiger partial charge in [0.15, 0.2) is 5.96 Å². The van der Waals surface area contributed by atoms with Crippen molar-refractivity contribution in [3.63, 3.8) is 0 Å². The van der Waals surface area contributed by atoms with Gasteiger partial charge in [-0.25, -0.2) is 0 Å². The highest BCUT2D eigenvalue weighted by atomic mass is 15.3. The molecule has 120 valence electrons. The normalized spacial score (nSPS) is 27.7. The van der Waals surface area contributed by atoms with Crippen molar-refractivity contribution in [2.75, 3.05) is 59.9 Å². The molecule has 0 atom stereocenters. The van der Waals surface area contributed by atoms with E-state index < -0.39 is 0 Å². The van der Waals surface area contributed by atoms with Gasteiger partial charge in [-0.05, 0) is 58.9 Å². The Hall–Kier alpha value is -0.810. The second kappa shape index (κ2) is 6.53. The van der Waals surface area contributed by atoms with Crippen molar-refractivity contribution in [3.05, 3.63) is 0 Å². The van der Waals surface area contributed by atoms with Crippen LogP contribution >= 0.6 is 0 Å². The summed E-state index contributed by atoms with van der Waals surface area (Å²) >= 11 is 0. The number of hydrogen-bond donors (Lipinski definition) is 1. The molecule has 1 N–H and O–H groups in total. The van der Waals surface area contributed by atoms with Crippen LogP contribution in [0.5, 0.6) is 0 Å². The van der Waals surface area contributed by atoms with Crippen molar-refractivity contribution in [1.29, 1.82) is 0 Å². The molecule has 0 spiro atoms. The highest BCUT2D eigenvalue weighted by Gasteiger charge is 2.39. The van der Waals surface area contributed by atoms with Gasteiger partial charge in [-0.15, -0.1) is 0 Å². The molecule has 0 aromatic rings. The first-order chi connectivity index (χ1) is 10.2. The number of piperidine rings is 2. The fourth-order valence-corrected chi connectivity index (χ4v) is 3.97. The largest absolute Gasteiger partial charge is 0.354 e. The standard InChI is InChI=1S/C16H31N5/c1-19-11-6-16(7-12-19,21-9-4-3-5-10-21)14-18-15-17-8-13-20(15)2/h3-14H2,1-2H3,(H,17,18). The van der Waals surface area contributed by atoms with Crippen molar-refractivity contribution in [2.45, 2.75) is 37.6 Å². The molecule has 5 heteroatoms. The van der Waals surface area contributed by atoms with Crippen LogP contribution < -0.4 is 5.32 Å². The van der Waals surface area contributed by atoms with E-state index in [-0.39, 0.29) is 0 Å². The van der Waals surface area contributed by atoms with E-state index in [0.29, 0.717) is 5.54 Å². The summed E-state index contributed by atoms with van der Waals surface area (Å²) in [4.78, 5) is 12.1. The summed E-state index contributed by atoms with van der Waals surface area (Å²) in [5, 5.41) is 3.67. The molecule has 0 saturated carbocycles. The Balaban J connectivity index is 1.66. The fourth-order valence-electron chi connectivity index (χ4n) is 3.97. The molecule has 0 bridgehead atoms. The monoisotopic (exact) mass is 293 g/mol. The lowest BCUT2D eigenvalue weighted by Crippen LogP contribution is -2.61. The number of aliphatic imine (C=N–C) groups is 1. The molecular formula is C16H31N5. The van der Waals surface area contributed by atoms with E-state index in [2.05, 4.69) is 39.1 Å². The smallest absolute Gasteiger partial charge is 0.193 e. The Kier molecular flexibility index (Phi) is 4.69. The third kappa shape index (κ3) is 3.34. The van der Waals surface area contributed by atoms with Crippen molar-refractivity contribution in [1.82, 2.24) is 20.0 Å². The van der Waals surface area contributed by atoms with E-state index >= 15 is 0 Å². The third-order valence-electron chi connectivity index (χ3n) is 5.58. The van der Waals surface area contributed by atoms with E-state index in [1.165, 1.54) is 58.3 Å². The van der Waals surface area contributed by atoms with Gasteiger partial charge in [-0.1, -0.05) is 6.42 Å². The Morgan fingerprint density at radius 1 is 1.00 bits per heavy atom. The van der Waals surface area contributed by atoms with Crippen molar-refractivity contribution in [2.24, 2.45) is 4.99 Å². The number of nitrogens with zero attached hydrogens (tertiary/aromatic N) is 4. The molecule has 0 aromatic heterocycles. The van der Waals surface area contributed by atoms with Gasteiger partial charge in [-0.3, -0.25) is 9.89 Å². The second-order valence-corrected chi connectivity index (χ2v) is 7.06. The zero-order valence-electron chi connectivity index (χ0n) is 13.8. The average molecular weight is 293 g/mol. The summed E-state index contributed by atoms with van der Waals surface area (Å²) in [5.74, 6) is 1.10. The lowest BCUT2D eigenvalue weighted by molar-refractivity contribution is 0.0171. The van der Waals surface area contributed by atoms with Gasteiger partial charge >= 0.3 is 0 Å². The lowest BCUT2D eigenvalue weighted by atomic mass is 9.84. The average Bonchev–Trinajstić information content (AvgIpc) is 2.93. The molecule has 0 amide bonds. The van der Waals surface area contributed by atoms with Crippen molar-refractivity contribution < 1.29 is 0 Å². The molecule has 21 heavy (non-hydrogen) atoms. The van der Waals surface area contributed by atoms with Gasteiger partial charge in [0.1, 0.15) is 0 Å². The first kappa shape index (κ1) is 15.1. The van der Waals surface area contributed by atoms with E-state index in [1.807, 2.05) is 0 Å². The maximum Gasteiger partial charge on any atom is 0.193 e. The Bertz CT molecular complexity index is 367. The van der Waals surface area contributed by atoms with Crippen LogP contribution in [0, 0.1) is 0 Å². The number of likely N-dealkylation sites (tertiary alicyclic amines) is 2. The van der Waals surface area contributed by atoms with Crippen LogP contribution in [0.3, 0.4) is 0 Å². The minimum absolute atomic E-state index is 0.346. The summed E-state index contributed by atoms with van der Waals surface area (Å²) in [5.41, 5.74) is 0.346. The molecule has 3 aliphatic heterocycles. The summed E-state index contributed by atoms with van der Waals surface area (Å²) in [6.45, 7) is 8.08. The molecule has 0 radical (unpaired) electrons. The fraction of sp³-hybridized carbons (Fsp3) is 0.938. The van der Waals surface area contributed by atoms with Gasteiger partial charge in [0.05, 0.1) is 6.54 Å². The topological polar surface area (TPSA) is 34.1 Å². The lowest BCUT2D eigenvalue weighted by Gasteiger charge is -2.50. The second-order valence-electron chi connectivity index (χ2n) is 7.06. The number of guanidine groups is 1. The van der Waals surface area contributed by atoms with Crippen LogP contribution in [0.25, 0.3) is 0 Å². The van der Waals surface area contributed by atoms with Gasteiger partial charge in [-0.2, -0.15) is 0 Å². The molecule has 0 aliphatic carbocycles. The van der Waals surface area contributed by atoms with Gasteiger partial charge in [0.25, 0.3) is 0 Å². The quantitative estimate of drug-likeness (QED) is 0.836. The van der Waals surface area contributed by atoms with E-state index in [1.54, 1.807) is 0 Å². The first-order valence-electron chi connectivity index (χ1n) is 8.63. The van der Waals surface area contributed by atoms with E-state index in [9.17, 15) is 0 Å². The molecule has 2 fully saturated rings. The number of likely N-dealkylation sites (N-methyl/N-ethyl adjacent to an activating group) is 1. The van der Waals surface area contributed by atoms with Crippen LogP contribution in [0.4, 0.5) is 0 Å². The molecule has 2 saturated heterocycles. The van der Waals surface area contributed by atoms with Gasteiger partial charge in [0, 0.05) is 25.7 Å². The zero-order chi connectivity index (χ0) is 14.7. The van der Waals surface area contributed by atoms with Crippen LogP contribution in [-0.4, -0.2) is 86.1 Å². The predicted octanol–water partition coefficient (Wildman–Crippen LogP) is 0.828. The molecule has 3 aliphatic rings. The van der Waals surface area contributed by atoms with Crippen LogP contribution in [0.15, 0.2) is 4.99 Å². The number of rotatable bonds is 3. The minimum Gasteiger partial charge on any atom is -0.354 e. The SMILES string of the molecule is CN1CCC(CNC2=NCCN2C)(N2CCCCC2)CC1. The van der Waals surface area contributed by atoms with E-state index in [4.69, 9.17) is 0 Å². The molecule has 0 unspecified atom stereocenters. The Labute approximate surface area is 129 Å². The van der Waals surface area contributed by atoms with Crippen LogP contribution in [-0.2, 0) is 0 Å². The molecule has 3 heterocycles. The maximum absolute atomic E-state index is 4.59. The number of hydrogen-bond acceptors (Lipinski definition) is 5. The Morgan fingerprint density at radius 3 is 2.33 bits per heavy atom. The summed E-state index contributed by atoms with van der Waals surface area (Å²) in [7, 11) is 4.39. The maximum atomic E-state index is 4.59. The van der Waals surface area contributed by atoms with Crippen molar-refractivity contribution >= 4 is 5.96 Å². The summed E-state index contributed by atoms with van der Waals surface area (Å²) < 4.78 is 0. The highest BCUT2D eigenvalue weighted by molar-refractivity contribution is 5.81. The molecular weight excluding hydrogens is 262 g/mol. The highest BCUT2D eigenvalue weighted by Crippen LogP contribution is 2.30. The van der Waals surface area contributed by atoms with Crippen molar-refractivity contribution in [3.8, 4) is 0 Å². The van der Waals surface area contributed by atoms with Gasteiger partial charge < -0.3 is 15.1 Å². The predicted molar refractivity (Wildman–Crippen MR) is 87.8 cm³/mol. The zero-order valence-corrected chi connectivity index (χ0v) is 13.8.